The highest BCUT2D eigenvalue weighted by Gasteiger charge is 2.18. The van der Waals surface area contributed by atoms with Gasteiger partial charge in [-0.2, -0.15) is 0 Å². The van der Waals surface area contributed by atoms with Crippen LogP contribution in [0, 0.1) is 5.92 Å². The fourth-order valence-corrected chi connectivity index (χ4v) is 3.57. The number of ether oxygens (including phenoxy) is 2. The summed E-state index contributed by atoms with van der Waals surface area (Å²) < 4.78 is 11.2. The normalized spacial score (nSPS) is 21.6. The van der Waals surface area contributed by atoms with Crippen LogP contribution >= 0.6 is 0 Å². The maximum absolute atomic E-state index is 5.72. The van der Waals surface area contributed by atoms with E-state index in [0.717, 1.165) is 36.1 Å². The van der Waals surface area contributed by atoms with Gasteiger partial charge in [0.1, 0.15) is 6.61 Å². The molecule has 22 heavy (non-hydrogen) atoms. The smallest absolute Gasteiger partial charge is 0.184 e. The van der Waals surface area contributed by atoms with Crippen LogP contribution < -0.4 is 14.8 Å². The van der Waals surface area contributed by atoms with Gasteiger partial charge in [-0.15, -0.1) is 0 Å². The van der Waals surface area contributed by atoms with Crippen molar-refractivity contribution in [3.8, 4) is 11.5 Å². The Morgan fingerprint density at radius 2 is 2.32 bits per heavy atom. The van der Waals surface area contributed by atoms with Crippen molar-refractivity contribution in [1.29, 1.82) is 0 Å². The molecule has 1 saturated heterocycles. The molecule has 1 N–H and O–H groups in total. The molecule has 0 amide bonds. The van der Waals surface area contributed by atoms with Gasteiger partial charge in [0.05, 0.1) is 12.8 Å². The van der Waals surface area contributed by atoms with Gasteiger partial charge in [0.15, 0.2) is 11.5 Å². The zero-order chi connectivity index (χ0) is 15.4. The number of benzene rings is 1. The summed E-state index contributed by atoms with van der Waals surface area (Å²) in [6.07, 6.45) is 5.05. The number of fused-ring (bicyclic) bond motifs is 1. The minimum atomic E-state index is 0.704. The number of aryl methyl sites for hydroxylation is 1. The largest absolute Gasteiger partial charge is 0.493 e. The lowest BCUT2D eigenvalue weighted by atomic mass is 9.99. The van der Waals surface area contributed by atoms with E-state index in [0.29, 0.717) is 6.61 Å². The van der Waals surface area contributed by atoms with Crippen molar-refractivity contribution in [3.05, 3.63) is 17.7 Å². The molecular weight excluding hydrogens is 276 g/mol. The van der Waals surface area contributed by atoms with Crippen LogP contribution in [-0.2, 0) is 6.42 Å². The first-order chi connectivity index (χ1) is 10.8. The topological polar surface area (TPSA) is 33.7 Å². The molecule has 1 fully saturated rings. The molecule has 0 radical (unpaired) electrons. The molecule has 4 nitrogen and oxygen atoms in total. The molecule has 0 aliphatic carbocycles. The first kappa shape index (κ1) is 15.5. The Bertz CT molecular complexity index is 487. The van der Waals surface area contributed by atoms with Gasteiger partial charge >= 0.3 is 0 Å². The van der Waals surface area contributed by atoms with Gasteiger partial charge in [-0.1, -0.05) is 6.92 Å². The summed E-state index contributed by atoms with van der Waals surface area (Å²) in [5, 5.41) is 3.41. The summed E-state index contributed by atoms with van der Waals surface area (Å²) in [5.41, 5.74) is 2.41. The third kappa shape index (κ3) is 3.67. The Morgan fingerprint density at radius 3 is 3.14 bits per heavy atom. The first-order valence-electron chi connectivity index (χ1n) is 8.56. The predicted octanol–water partition coefficient (Wildman–Crippen LogP) is 3.16. The highest BCUT2D eigenvalue weighted by Crippen LogP contribution is 2.38. The van der Waals surface area contributed by atoms with E-state index in [1.54, 1.807) is 7.11 Å². The van der Waals surface area contributed by atoms with E-state index in [1.165, 1.54) is 44.5 Å². The van der Waals surface area contributed by atoms with Crippen LogP contribution in [0.25, 0.3) is 0 Å². The molecule has 2 aliphatic rings. The monoisotopic (exact) mass is 304 g/mol. The fourth-order valence-electron chi connectivity index (χ4n) is 3.57. The summed E-state index contributed by atoms with van der Waals surface area (Å²) in [6, 6.07) is 4.35. The Morgan fingerprint density at radius 1 is 1.41 bits per heavy atom. The number of nitrogens with zero attached hydrogens (tertiary/aromatic N) is 1. The summed E-state index contributed by atoms with van der Waals surface area (Å²) in [7, 11) is 1.71. The maximum Gasteiger partial charge on any atom is 0.184 e. The van der Waals surface area contributed by atoms with E-state index >= 15 is 0 Å². The summed E-state index contributed by atoms with van der Waals surface area (Å²) >= 11 is 0. The molecule has 0 aromatic heterocycles. The molecule has 4 heteroatoms. The lowest BCUT2D eigenvalue weighted by Gasteiger charge is -2.30. The first-order valence-corrected chi connectivity index (χ1v) is 8.56. The van der Waals surface area contributed by atoms with Gasteiger partial charge in [0.25, 0.3) is 0 Å². The van der Waals surface area contributed by atoms with Gasteiger partial charge in [-0.05, 0) is 62.4 Å². The Kier molecular flexibility index (Phi) is 5.08. The number of anilines is 1. The molecule has 0 bridgehead atoms. The van der Waals surface area contributed by atoms with Crippen molar-refractivity contribution in [1.82, 2.24) is 4.90 Å². The van der Waals surface area contributed by atoms with Gasteiger partial charge in [-0.3, -0.25) is 0 Å². The number of hydrogen-bond donors (Lipinski definition) is 1. The molecule has 0 spiro atoms. The molecule has 3 rings (SSSR count). The van der Waals surface area contributed by atoms with Crippen molar-refractivity contribution in [3.63, 3.8) is 0 Å². The van der Waals surface area contributed by atoms with E-state index in [1.807, 2.05) is 0 Å². The second kappa shape index (κ2) is 7.23. The zero-order valence-corrected chi connectivity index (χ0v) is 13.9. The van der Waals surface area contributed by atoms with Crippen LogP contribution in [0.3, 0.4) is 0 Å². The lowest BCUT2D eigenvalue weighted by Crippen LogP contribution is -2.35. The zero-order valence-electron chi connectivity index (χ0n) is 13.9. The number of nitrogens with one attached hydrogen (secondary N) is 1. The minimum absolute atomic E-state index is 0.704. The molecule has 1 atom stereocenters. The molecule has 1 aromatic rings. The second-order valence-corrected chi connectivity index (χ2v) is 6.60. The van der Waals surface area contributed by atoms with Crippen LogP contribution in [-0.4, -0.2) is 44.8 Å². The SMILES string of the molecule is COc1cc(CCCN2CCCC(C)C2)cc2c1OCCN2. The predicted molar refractivity (Wildman–Crippen MR) is 90.1 cm³/mol. The van der Waals surface area contributed by atoms with Gasteiger partial charge < -0.3 is 19.7 Å². The van der Waals surface area contributed by atoms with E-state index in [2.05, 4.69) is 29.3 Å². The number of methoxy groups -OCH3 is 1. The highest BCUT2D eigenvalue weighted by molar-refractivity contribution is 5.66. The van der Waals surface area contributed by atoms with E-state index in [9.17, 15) is 0 Å². The third-order valence-electron chi connectivity index (χ3n) is 4.68. The van der Waals surface area contributed by atoms with Crippen LogP contribution in [0.4, 0.5) is 5.69 Å². The van der Waals surface area contributed by atoms with Gasteiger partial charge in [-0.25, -0.2) is 0 Å². The van der Waals surface area contributed by atoms with Crippen molar-refractivity contribution in [2.45, 2.75) is 32.6 Å². The Hall–Kier alpha value is -1.42. The van der Waals surface area contributed by atoms with Crippen molar-refractivity contribution >= 4 is 5.69 Å². The Labute approximate surface area is 133 Å². The van der Waals surface area contributed by atoms with Crippen LogP contribution in [0.5, 0.6) is 11.5 Å². The molecule has 1 unspecified atom stereocenters. The highest BCUT2D eigenvalue weighted by atomic mass is 16.5. The summed E-state index contributed by atoms with van der Waals surface area (Å²) in [5.74, 6) is 2.58. The number of likely N-dealkylation sites (tertiary alicyclic amines) is 1. The summed E-state index contributed by atoms with van der Waals surface area (Å²) in [6.45, 7) is 7.68. The average molecular weight is 304 g/mol. The van der Waals surface area contributed by atoms with Crippen LogP contribution in [0.2, 0.25) is 0 Å². The van der Waals surface area contributed by atoms with Crippen LogP contribution in [0.1, 0.15) is 31.7 Å². The standard InChI is InChI=1S/C18H28N2O2/c1-14-5-3-8-20(13-14)9-4-6-15-11-16-18(17(12-15)21-2)22-10-7-19-16/h11-12,14,19H,3-10,13H2,1-2H3. The van der Waals surface area contributed by atoms with Crippen LogP contribution in [0.15, 0.2) is 12.1 Å². The minimum Gasteiger partial charge on any atom is -0.493 e. The Balaban J connectivity index is 1.58. The molecule has 1 aromatic carbocycles. The van der Waals surface area contributed by atoms with Gasteiger partial charge in [0.2, 0.25) is 0 Å². The average Bonchev–Trinajstić information content (AvgIpc) is 2.54. The van der Waals surface area contributed by atoms with Crippen molar-refractivity contribution < 1.29 is 9.47 Å². The van der Waals surface area contributed by atoms with E-state index in [4.69, 9.17) is 9.47 Å². The molecule has 2 heterocycles. The molecule has 0 saturated carbocycles. The molecule has 122 valence electrons. The molecule has 2 aliphatic heterocycles. The van der Waals surface area contributed by atoms with E-state index < -0.39 is 0 Å². The quantitative estimate of drug-likeness (QED) is 0.906. The lowest BCUT2D eigenvalue weighted by molar-refractivity contribution is 0.182. The maximum atomic E-state index is 5.72. The van der Waals surface area contributed by atoms with Crippen molar-refractivity contribution in [2.24, 2.45) is 5.92 Å². The van der Waals surface area contributed by atoms with Crippen molar-refractivity contribution in [2.75, 3.05) is 45.2 Å². The third-order valence-corrected chi connectivity index (χ3v) is 4.68. The number of rotatable bonds is 5. The fraction of sp³-hybridized carbons (Fsp3) is 0.667. The summed E-state index contributed by atoms with van der Waals surface area (Å²) in [4.78, 5) is 2.62. The second-order valence-electron chi connectivity index (χ2n) is 6.60. The number of hydrogen-bond acceptors (Lipinski definition) is 4. The number of piperidine rings is 1. The van der Waals surface area contributed by atoms with E-state index in [-0.39, 0.29) is 0 Å². The van der Waals surface area contributed by atoms with Gasteiger partial charge in [0, 0.05) is 13.1 Å². The molecular formula is C18H28N2O2.